The summed E-state index contributed by atoms with van der Waals surface area (Å²) >= 11 is 1.61. The van der Waals surface area contributed by atoms with Crippen molar-refractivity contribution in [2.24, 2.45) is 56.7 Å². The van der Waals surface area contributed by atoms with Crippen molar-refractivity contribution in [3.05, 3.63) is 70.2 Å². The Bertz CT molecular complexity index is 1610. The Morgan fingerprint density at radius 3 is 2.36 bits per heavy atom. The highest BCUT2D eigenvalue weighted by atomic mass is 32.1. The maximum absolute atomic E-state index is 14.3. The van der Waals surface area contributed by atoms with Crippen molar-refractivity contribution in [1.29, 1.82) is 0 Å². The van der Waals surface area contributed by atoms with Crippen molar-refractivity contribution >= 4 is 28.8 Å². The summed E-state index contributed by atoms with van der Waals surface area (Å²) in [6, 6.07) is 7.54. The number of rotatable bonds is 6. The van der Waals surface area contributed by atoms with Gasteiger partial charge in [0.25, 0.3) is 0 Å². The zero-order valence-electron chi connectivity index (χ0n) is 29.3. The minimum absolute atomic E-state index is 0.00937. The van der Waals surface area contributed by atoms with E-state index >= 15 is 0 Å². The largest absolute Gasteiger partial charge is 0.478 e. The van der Waals surface area contributed by atoms with E-state index in [1.54, 1.807) is 23.5 Å². The van der Waals surface area contributed by atoms with Crippen LogP contribution in [0, 0.1) is 56.7 Å². The molecule has 7 rings (SSSR count). The standard InChI is InChI=1S/C41H54N2O3S/c1-25(2)28-14-19-41(36(46)43-24-33-42-22-23-47-33)21-20-39(6)30(34(28)41)12-13-32-38(5)17-15-29(26-8-10-27(11-9-26)35(44)45)37(3,4)31(38)16-18-40(32,39)7/h8-11,15,22-23,28,30-32,34H,1,12-14,16-21,24H2,2-7H3,(H,43,46)(H,44,45)/t28-,30?,31?,32?,34?,38-,39+,40+,41-/m0/s1. The Balaban J connectivity index is 1.21. The molecule has 5 aliphatic carbocycles. The molecule has 9 atom stereocenters. The van der Waals surface area contributed by atoms with E-state index in [0.29, 0.717) is 41.7 Å². The molecular weight excluding hydrogens is 601 g/mol. The number of carbonyl (C=O) groups excluding carboxylic acids is 1. The van der Waals surface area contributed by atoms with Gasteiger partial charge >= 0.3 is 5.97 Å². The lowest BCUT2D eigenvalue weighted by Gasteiger charge is -2.72. The second-order valence-corrected chi connectivity index (χ2v) is 18.4. The number of nitrogens with one attached hydrogen (secondary N) is 1. The average molecular weight is 655 g/mol. The fraction of sp³-hybridized carbons (Fsp3) is 0.634. The molecule has 1 heterocycles. The summed E-state index contributed by atoms with van der Waals surface area (Å²) in [4.78, 5) is 30.3. The minimum atomic E-state index is -0.875. The van der Waals surface area contributed by atoms with Gasteiger partial charge in [0.2, 0.25) is 5.91 Å². The smallest absolute Gasteiger partial charge is 0.335 e. The molecule has 1 aromatic carbocycles. The second-order valence-electron chi connectivity index (χ2n) is 17.4. The topological polar surface area (TPSA) is 79.3 Å². The summed E-state index contributed by atoms with van der Waals surface area (Å²) in [5.74, 6) is 1.83. The number of fused-ring (bicyclic) bond motifs is 7. The van der Waals surface area contributed by atoms with Gasteiger partial charge in [-0.3, -0.25) is 4.79 Å². The number of amides is 1. The Hall–Kier alpha value is -2.73. The molecule has 0 saturated heterocycles. The van der Waals surface area contributed by atoms with Gasteiger partial charge < -0.3 is 10.4 Å². The van der Waals surface area contributed by atoms with Gasteiger partial charge in [-0.2, -0.15) is 0 Å². The second kappa shape index (κ2) is 11.1. The first-order valence-electron chi connectivity index (χ1n) is 18.1. The van der Waals surface area contributed by atoms with Crippen molar-refractivity contribution in [1.82, 2.24) is 10.3 Å². The van der Waals surface area contributed by atoms with Crippen LogP contribution in [0.25, 0.3) is 5.57 Å². The molecule has 2 N–H and O–H groups in total. The van der Waals surface area contributed by atoms with E-state index in [9.17, 15) is 14.7 Å². The molecule has 4 saturated carbocycles. The average Bonchev–Trinajstić information content (AvgIpc) is 3.69. The number of thiazole rings is 1. The first-order chi connectivity index (χ1) is 22.2. The normalized spacial score (nSPS) is 40.2. The number of carbonyl (C=O) groups is 2. The number of carboxylic acid groups (broad SMARTS) is 1. The van der Waals surface area contributed by atoms with Crippen molar-refractivity contribution in [3.63, 3.8) is 0 Å². The summed E-state index contributed by atoms with van der Waals surface area (Å²) in [6.07, 6.45) is 14.4. The third-order valence-corrected chi connectivity index (χ3v) is 16.2. The molecule has 1 amide bonds. The Morgan fingerprint density at radius 1 is 0.957 bits per heavy atom. The number of aromatic nitrogens is 1. The molecule has 0 spiro atoms. The van der Waals surface area contributed by atoms with Crippen LogP contribution in [0.4, 0.5) is 0 Å². The third kappa shape index (κ3) is 4.62. The number of nitrogens with zero attached hydrogens (tertiary/aromatic N) is 1. The zero-order chi connectivity index (χ0) is 33.6. The summed E-state index contributed by atoms with van der Waals surface area (Å²) in [5.41, 5.74) is 4.40. The van der Waals surface area contributed by atoms with Crippen LogP contribution in [-0.2, 0) is 11.3 Å². The van der Waals surface area contributed by atoms with E-state index in [1.165, 1.54) is 36.8 Å². The lowest BCUT2D eigenvalue weighted by Crippen LogP contribution is -2.66. The molecule has 4 unspecified atom stereocenters. The van der Waals surface area contributed by atoms with E-state index in [-0.39, 0.29) is 33.0 Å². The number of aromatic carboxylic acids is 1. The first-order valence-corrected chi connectivity index (χ1v) is 18.9. The van der Waals surface area contributed by atoms with Gasteiger partial charge in [0.05, 0.1) is 17.5 Å². The van der Waals surface area contributed by atoms with Crippen LogP contribution in [0.1, 0.15) is 120 Å². The van der Waals surface area contributed by atoms with E-state index in [4.69, 9.17) is 0 Å². The summed E-state index contributed by atoms with van der Waals surface area (Å²) in [6.45, 7) is 20.0. The number of allylic oxidation sites excluding steroid dienone is 3. The molecule has 5 nitrogen and oxygen atoms in total. The molecule has 0 bridgehead atoms. The van der Waals surface area contributed by atoms with Crippen LogP contribution < -0.4 is 5.32 Å². The maximum Gasteiger partial charge on any atom is 0.335 e. The van der Waals surface area contributed by atoms with Crippen LogP contribution in [0.2, 0.25) is 0 Å². The third-order valence-electron chi connectivity index (χ3n) is 15.4. The molecule has 6 heteroatoms. The van der Waals surface area contributed by atoms with Crippen molar-refractivity contribution in [3.8, 4) is 0 Å². The summed E-state index contributed by atoms with van der Waals surface area (Å²) in [5, 5.41) is 15.8. The van der Waals surface area contributed by atoms with Gasteiger partial charge in [-0.05, 0) is 139 Å². The highest BCUT2D eigenvalue weighted by Gasteiger charge is 2.71. The lowest BCUT2D eigenvalue weighted by atomic mass is 9.32. The summed E-state index contributed by atoms with van der Waals surface area (Å²) < 4.78 is 0. The number of carboxylic acids is 1. The Labute approximate surface area is 285 Å². The Morgan fingerprint density at radius 2 is 1.70 bits per heavy atom. The molecule has 4 fully saturated rings. The predicted octanol–water partition coefficient (Wildman–Crippen LogP) is 9.81. The molecule has 1 aromatic heterocycles. The molecule has 0 aliphatic heterocycles. The predicted molar refractivity (Wildman–Crippen MR) is 190 cm³/mol. The molecule has 2 aromatic rings. The van der Waals surface area contributed by atoms with Gasteiger partial charge in [-0.15, -0.1) is 11.3 Å². The number of hydrogen-bond donors (Lipinski definition) is 2. The van der Waals surface area contributed by atoms with Gasteiger partial charge in [0.1, 0.15) is 5.01 Å². The van der Waals surface area contributed by atoms with Crippen LogP contribution in [0.3, 0.4) is 0 Å². The molecule has 252 valence electrons. The van der Waals surface area contributed by atoms with Crippen molar-refractivity contribution in [2.45, 2.75) is 106 Å². The summed E-state index contributed by atoms with van der Waals surface area (Å²) in [7, 11) is 0. The highest BCUT2D eigenvalue weighted by molar-refractivity contribution is 7.09. The molecule has 47 heavy (non-hydrogen) atoms. The SMILES string of the molecule is C=C(C)[C@@H]1CC[C@]2(C(=O)NCc3nccs3)CC[C@]3(C)C(CCC4[C@@]5(C)CC=C(c6ccc(C(=O)O)cc6)C(C)(C)C5CC[C@]43C)C12. The van der Waals surface area contributed by atoms with Crippen molar-refractivity contribution < 1.29 is 14.7 Å². The van der Waals surface area contributed by atoms with Crippen LogP contribution in [0.15, 0.2) is 54.1 Å². The fourth-order valence-electron chi connectivity index (χ4n) is 13.1. The lowest BCUT2D eigenvalue weighted by molar-refractivity contribution is -0.225. The quantitative estimate of drug-likeness (QED) is 0.304. The van der Waals surface area contributed by atoms with E-state index in [2.05, 4.69) is 64.5 Å². The Kier molecular flexibility index (Phi) is 7.78. The molecular formula is C41H54N2O3S. The molecule has 0 radical (unpaired) electrons. The number of hydrogen-bond acceptors (Lipinski definition) is 4. The first kappa shape index (κ1) is 32.8. The van der Waals surface area contributed by atoms with Gasteiger partial charge in [-0.1, -0.05) is 65.0 Å². The monoisotopic (exact) mass is 654 g/mol. The van der Waals surface area contributed by atoms with Gasteiger partial charge in [0.15, 0.2) is 0 Å². The minimum Gasteiger partial charge on any atom is -0.478 e. The van der Waals surface area contributed by atoms with Crippen LogP contribution in [0.5, 0.6) is 0 Å². The van der Waals surface area contributed by atoms with Crippen LogP contribution in [-0.4, -0.2) is 22.0 Å². The van der Waals surface area contributed by atoms with Crippen LogP contribution >= 0.6 is 11.3 Å². The van der Waals surface area contributed by atoms with Crippen molar-refractivity contribution in [2.75, 3.05) is 0 Å². The number of benzene rings is 1. The maximum atomic E-state index is 14.3. The van der Waals surface area contributed by atoms with Gasteiger partial charge in [-0.25, -0.2) is 9.78 Å². The van der Waals surface area contributed by atoms with E-state index in [0.717, 1.165) is 42.7 Å². The van der Waals surface area contributed by atoms with Gasteiger partial charge in [0, 0.05) is 11.6 Å². The highest BCUT2D eigenvalue weighted by Crippen LogP contribution is 2.77. The molecule has 5 aliphatic rings. The zero-order valence-corrected chi connectivity index (χ0v) is 30.1. The van der Waals surface area contributed by atoms with E-state index in [1.807, 2.05) is 23.7 Å². The fourth-order valence-corrected chi connectivity index (χ4v) is 13.7. The van der Waals surface area contributed by atoms with E-state index < -0.39 is 5.97 Å².